The topological polar surface area (TPSA) is 84.7 Å². The van der Waals surface area contributed by atoms with Gasteiger partial charge in [0.25, 0.3) is 0 Å². The molecule has 0 bridgehead atoms. The van der Waals surface area contributed by atoms with Crippen LogP contribution in [0.25, 0.3) is 0 Å². The molecular weight excluding hydrogens is 378 g/mol. The summed E-state index contributed by atoms with van der Waals surface area (Å²) in [6.07, 6.45) is 2.40. The molecule has 0 aromatic heterocycles. The second-order valence-electron chi connectivity index (χ2n) is 5.92. The fourth-order valence-electron chi connectivity index (χ4n) is 2.38. The van der Waals surface area contributed by atoms with Crippen LogP contribution < -0.4 is 4.74 Å². The Kier molecular flexibility index (Phi) is 7.95. The standard InChI is InChI=1S/C21H22NO5S/c1-4-26-20(23)13-14-27-19-8-6-5-7-18(19)21(16(3)22(24)25)28-17-11-9-15(2)10-12-17/h5-14,21H,4H2,1-3H3/q-1/b14-13+. The highest BCUT2D eigenvalue weighted by molar-refractivity contribution is 8.00. The van der Waals surface area contributed by atoms with Crippen molar-refractivity contribution in [2.75, 3.05) is 6.61 Å². The van der Waals surface area contributed by atoms with Crippen LogP contribution in [0, 0.1) is 17.3 Å². The summed E-state index contributed by atoms with van der Waals surface area (Å²) < 4.78 is 10.4. The van der Waals surface area contributed by atoms with Crippen LogP contribution in [0.3, 0.4) is 0 Å². The van der Waals surface area contributed by atoms with Crippen LogP contribution in [0.2, 0.25) is 0 Å². The predicted octanol–water partition coefficient (Wildman–Crippen LogP) is 4.75. The molecule has 0 radical (unpaired) electrons. The lowest BCUT2D eigenvalue weighted by molar-refractivity contribution is -0.380. The number of aryl methyl sites for hydroxylation is 1. The Morgan fingerprint density at radius 3 is 2.50 bits per heavy atom. The molecule has 2 aromatic carbocycles. The van der Waals surface area contributed by atoms with Crippen LogP contribution in [-0.2, 0) is 9.53 Å². The van der Waals surface area contributed by atoms with Gasteiger partial charge in [0.1, 0.15) is 11.0 Å². The van der Waals surface area contributed by atoms with E-state index in [9.17, 15) is 15.2 Å². The van der Waals surface area contributed by atoms with E-state index in [0.717, 1.165) is 10.5 Å². The van der Waals surface area contributed by atoms with Crippen molar-refractivity contribution in [2.24, 2.45) is 0 Å². The van der Waals surface area contributed by atoms with Crippen molar-refractivity contribution in [3.63, 3.8) is 0 Å². The van der Waals surface area contributed by atoms with Gasteiger partial charge in [-0.1, -0.05) is 35.9 Å². The van der Waals surface area contributed by atoms with E-state index in [0.29, 0.717) is 11.3 Å². The fraction of sp³-hybridized carbons (Fsp3) is 0.238. The number of carbonyl (C=O) groups excluding carboxylic acids is 1. The zero-order chi connectivity index (χ0) is 20.5. The maximum Gasteiger partial charge on any atom is 0.333 e. The summed E-state index contributed by atoms with van der Waals surface area (Å²) in [5.41, 5.74) is 1.86. The molecule has 2 rings (SSSR count). The number of benzene rings is 2. The molecule has 0 aliphatic carbocycles. The molecule has 0 aliphatic rings. The highest BCUT2D eigenvalue weighted by Crippen LogP contribution is 2.40. The summed E-state index contributed by atoms with van der Waals surface area (Å²) in [5.74, 6) is -0.0764. The predicted molar refractivity (Wildman–Crippen MR) is 110 cm³/mol. The van der Waals surface area contributed by atoms with Gasteiger partial charge in [0.2, 0.25) is 0 Å². The first kappa shape index (κ1) is 21.4. The molecule has 2 aromatic rings. The number of hydrogen-bond acceptors (Lipinski definition) is 6. The first-order chi connectivity index (χ1) is 13.4. The molecule has 148 valence electrons. The average molecular weight is 400 g/mol. The number of rotatable bonds is 8. The van der Waals surface area contributed by atoms with Gasteiger partial charge in [-0.15, -0.1) is 11.8 Å². The van der Waals surface area contributed by atoms with Crippen LogP contribution in [-0.4, -0.2) is 23.2 Å². The van der Waals surface area contributed by atoms with Crippen molar-refractivity contribution in [1.82, 2.24) is 0 Å². The van der Waals surface area contributed by atoms with E-state index in [-0.39, 0.29) is 17.2 Å². The third-order valence-electron chi connectivity index (χ3n) is 3.83. The van der Waals surface area contributed by atoms with Gasteiger partial charge in [0.15, 0.2) is 5.71 Å². The third kappa shape index (κ3) is 6.06. The van der Waals surface area contributed by atoms with E-state index in [1.165, 1.54) is 31.0 Å². The van der Waals surface area contributed by atoms with Gasteiger partial charge >= 0.3 is 5.97 Å². The number of nitrogens with zero attached hydrogens (tertiary/aromatic N) is 1. The molecule has 0 aliphatic heterocycles. The van der Waals surface area contributed by atoms with Gasteiger partial charge in [-0.2, -0.15) is 4.90 Å². The van der Waals surface area contributed by atoms with E-state index >= 15 is 0 Å². The van der Waals surface area contributed by atoms with E-state index in [4.69, 9.17) is 9.47 Å². The first-order valence-corrected chi connectivity index (χ1v) is 9.60. The number of esters is 1. The smallest absolute Gasteiger partial charge is 0.333 e. The van der Waals surface area contributed by atoms with Gasteiger partial charge in [0.05, 0.1) is 18.9 Å². The van der Waals surface area contributed by atoms with Crippen molar-refractivity contribution >= 4 is 23.4 Å². The van der Waals surface area contributed by atoms with E-state index in [1.54, 1.807) is 31.2 Å². The van der Waals surface area contributed by atoms with Crippen LogP contribution in [0.5, 0.6) is 5.75 Å². The number of thioether (sulfide) groups is 1. The van der Waals surface area contributed by atoms with Crippen molar-refractivity contribution in [3.05, 3.63) is 82.4 Å². The minimum atomic E-state index is -0.551. The number of para-hydroxylation sites is 1. The average Bonchev–Trinajstić information content (AvgIpc) is 2.68. The minimum Gasteiger partial charge on any atom is -0.612 e. The Morgan fingerprint density at radius 1 is 1.18 bits per heavy atom. The van der Waals surface area contributed by atoms with E-state index < -0.39 is 11.2 Å². The Morgan fingerprint density at radius 2 is 1.86 bits per heavy atom. The first-order valence-electron chi connectivity index (χ1n) is 8.72. The summed E-state index contributed by atoms with van der Waals surface area (Å²) in [5, 5.41) is 22.4. The molecule has 0 amide bonds. The molecule has 7 heteroatoms. The van der Waals surface area contributed by atoms with Crippen molar-refractivity contribution in [2.45, 2.75) is 30.9 Å². The zero-order valence-electron chi connectivity index (χ0n) is 16.0. The number of ether oxygens (including phenoxy) is 2. The second-order valence-corrected chi connectivity index (χ2v) is 7.10. The molecule has 28 heavy (non-hydrogen) atoms. The van der Waals surface area contributed by atoms with Crippen LogP contribution >= 0.6 is 11.8 Å². The van der Waals surface area contributed by atoms with Gasteiger partial charge in [0, 0.05) is 17.4 Å². The van der Waals surface area contributed by atoms with E-state index in [1.807, 2.05) is 31.2 Å². The minimum absolute atomic E-state index is 0.0935. The van der Waals surface area contributed by atoms with Gasteiger partial charge in [-0.3, -0.25) is 0 Å². The van der Waals surface area contributed by atoms with Crippen LogP contribution in [0.4, 0.5) is 0 Å². The Balaban J connectivity index is 2.34. The summed E-state index contributed by atoms with van der Waals surface area (Å²) in [7, 11) is 0. The van der Waals surface area contributed by atoms with Crippen LogP contribution in [0.15, 0.2) is 65.8 Å². The summed E-state index contributed by atoms with van der Waals surface area (Å²) in [4.78, 5) is 12.0. The monoisotopic (exact) mass is 400 g/mol. The molecular formula is C21H22NO5S-. The SMILES string of the molecule is CCOC(=O)/C=C/Oc1ccccc1C(Sc1ccc(C)cc1)C(C)=[N+]([O-])[O-]. The highest BCUT2D eigenvalue weighted by atomic mass is 32.2. The largest absolute Gasteiger partial charge is 0.612 e. The molecule has 0 fully saturated rings. The summed E-state index contributed by atoms with van der Waals surface area (Å²) in [6, 6.07) is 14.9. The van der Waals surface area contributed by atoms with Crippen molar-refractivity contribution in [1.29, 1.82) is 0 Å². The summed E-state index contributed by atoms with van der Waals surface area (Å²) >= 11 is 1.37. The quantitative estimate of drug-likeness (QED) is 0.121. The molecule has 1 unspecified atom stereocenters. The molecule has 0 saturated carbocycles. The highest BCUT2D eigenvalue weighted by Gasteiger charge is 2.25. The van der Waals surface area contributed by atoms with Gasteiger partial charge < -0.3 is 19.9 Å². The van der Waals surface area contributed by atoms with Gasteiger partial charge in [-0.25, -0.2) is 4.79 Å². The Bertz CT molecular complexity index is 857. The number of hydrogen-bond donors (Lipinski definition) is 0. The lowest BCUT2D eigenvalue weighted by atomic mass is 10.1. The third-order valence-corrected chi connectivity index (χ3v) is 5.20. The molecule has 6 nitrogen and oxygen atoms in total. The second kappa shape index (κ2) is 10.4. The molecule has 0 saturated heterocycles. The molecule has 0 N–H and O–H groups in total. The van der Waals surface area contributed by atoms with E-state index in [2.05, 4.69) is 0 Å². The van der Waals surface area contributed by atoms with Crippen molar-refractivity contribution in [3.8, 4) is 5.75 Å². The Labute approximate surface area is 168 Å². The molecule has 1 atom stereocenters. The maximum atomic E-state index is 11.5. The number of carbonyl (C=O) groups is 1. The lowest BCUT2D eigenvalue weighted by Crippen LogP contribution is -2.15. The Hall–Kier alpha value is -2.93. The maximum absolute atomic E-state index is 11.5. The normalized spacial score (nSPS) is 11.8. The summed E-state index contributed by atoms with van der Waals surface area (Å²) in [6.45, 7) is 5.47. The van der Waals surface area contributed by atoms with Gasteiger partial charge in [-0.05, 0) is 32.0 Å². The fourth-order valence-corrected chi connectivity index (χ4v) is 3.52. The van der Waals surface area contributed by atoms with Crippen LogP contribution in [0.1, 0.15) is 30.2 Å². The lowest BCUT2D eigenvalue weighted by Gasteiger charge is -2.20. The zero-order valence-corrected chi connectivity index (χ0v) is 16.8. The molecule has 0 spiro atoms. The molecule has 0 heterocycles. The van der Waals surface area contributed by atoms with Crippen molar-refractivity contribution < 1.29 is 19.2 Å².